The number of carbonyl (C=O) groups is 3. The number of piperazine rings is 1. The molecule has 2 saturated heterocycles. The average Bonchev–Trinajstić information content (AvgIpc) is 3.59. The van der Waals surface area contributed by atoms with Crippen molar-refractivity contribution in [1.29, 1.82) is 0 Å². The first kappa shape index (κ1) is 41.3. The molecule has 300 valence electrons. The number of amidine groups is 1. The molecule has 15 heteroatoms. The number of ether oxygens (including phenoxy) is 1. The van der Waals surface area contributed by atoms with Crippen molar-refractivity contribution in [3.63, 3.8) is 0 Å². The lowest BCUT2D eigenvalue weighted by molar-refractivity contribution is -0.139. The fourth-order valence-electron chi connectivity index (χ4n) is 7.80. The summed E-state index contributed by atoms with van der Waals surface area (Å²) < 4.78 is 47.5. The highest BCUT2D eigenvalue weighted by molar-refractivity contribution is 6.30. The Morgan fingerprint density at radius 2 is 1.45 bits per heavy atom. The van der Waals surface area contributed by atoms with E-state index in [0.29, 0.717) is 35.2 Å². The fourth-order valence-corrected chi connectivity index (χ4v) is 8.05. The third-order valence-electron chi connectivity index (χ3n) is 10.7. The average molecular weight is 816 g/mol. The quantitative estimate of drug-likeness (QED) is 0.209. The lowest BCUT2D eigenvalue weighted by Crippen LogP contribution is -2.56. The Bertz CT molecular complexity index is 1900. The van der Waals surface area contributed by atoms with Gasteiger partial charge in [-0.15, -0.1) is 0 Å². The highest BCUT2D eigenvalue weighted by atomic mass is 35.5. The standard InChI is InChI=1S/C41H47Cl2F3N6O4/c1-4-49(5-2)39(54)29-8-7-19-48(25-29)26-35(53)50-20-22-51(23-21-50)40(55)52-37(28-11-16-32(43)17-12-28)36(27-9-14-31(42)15-10-27)47-38(52)33-18-13-30(41(44,45)46)24-34(33)56-6-3/h9-18,24,29,36-37H,4-8,19-23,25-26H2,1-3H3. The zero-order valence-electron chi connectivity index (χ0n) is 31.8. The lowest BCUT2D eigenvalue weighted by atomic mass is 9.93. The summed E-state index contributed by atoms with van der Waals surface area (Å²) in [5.74, 6) is 0.0259. The predicted molar refractivity (Wildman–Crippen MR) is 210 cm³/mol. The van der Waals surface area contributed by atoms with E-state index in [4.69, 9.17) is 32.9 Å². The molecular weight excluding hydrogens is 768 g/mol. The van der Waals surface area contributed by atoms with Crippen LogP contribution in [0, 0.1) is 5.92 Å². The van der Waals surface area contributed by atoms with Crippen LogP contribution in [0.3, 0.4) is 0 Å². The van der Waals surface area contributed by atoms with E-state index < -0.39 is 29.9 Å². The molecule has 3 aliphatic heterocycles. The number of carbonyl (C=O) groups excluding carboxylic acids is 3. The Labute approximate surface area is 335 Å². The molecule has 3 aromatic carbocycles. The van der Waals surface area contributed by atoms with Gasteiger partial charge in [-0.1, -0.05) is 47.5 Å². The van der Waals surface area contributed by atoms with Crippen LogP contribution < -0.4 is 4.74 Å². The second kappa shape index (κ2) is 17.9. The Morgan fingerprint density at radius 1 is 0.839 bits per heavy atom. The molecule has 6 rings (SSSR count). The summed E-state index contributed by atoms with van der Waals surface area (Å²) in [6, 6.07) is 15.5. The van der Waals surface area contributed by atoms with Crippen LogP contribution in [0.5, 0.6) is 5.75 Å². The second-order valence-corrected chi connectivity index (χ2v) is 15.1. The topological polar surface area (TPSA) is 89.0 Å². The van der Waals surface area contributed by atoms with Gasteiger partial charge in [-0.25, -0.2) is 4.79 Å². The summed E-state index contributed by atoms with van der Waals surface area (Å²) in [5, 5.41) is 1.00. The minimum Gasteiger partial charge on any atom is -0.493 e. The maximum atomic E-state index is 14.9. The molecule has 0 aliphatic carbocycles. The molecule has 3 unspecified atom stereocenters. The Kier molecular flexibility index (Phi) is 13.2. The molecule has 3 heterocycles. The third-order valence-corrected chi connectivity index (χ3v) is 11.2. The zero-order valence-corrected chi connectivity index (χ0v) is 33.3. The van der Waals surface area contributed by atoms with Crippen LogP contribution in [0.1, 0.15) is 68.0 Å². The van der Waals surface area contributed by atoms with E-state index in [-0.39, 0.29) is 74.2 Å². The number of likely N-dealkylation sites (tertiary alicyclic amines) is 1. The fraction of sp³-hybridized carbons (Fsp3) is 0.463. The van der Waals surface area contributed by atoms with E-state index in [1.54, 1.807) is 41.0 Å². The van der Waals surface area contributed by atoms with E-state index in [0.717, 1.165) is 37.1 Å². The molecule has 0 N–H and O–H groups in total. The summed E-state index contributed by atoms with van der Waals surface area (Å²) in [7, 11) is 0. The van der Waals surface area contributed by atoms with Crippen molar-refractivity contribution in [3.8, 4) is 5.75 Å². The highest BCUT2D eigenvalue weighted by Crippen LogP contribution is 2.46. The summed E-state index contributed by atoms with van der Waals surface area (Å²) in [4.78, 5) is 55.5. The Hall–Kier alpha value is -4.33. The van der Waals surface area contributed by atoms with Gasteiger partial charge in [0.05, 0.1) is 36.2 Å². The van der Waals surface area contributed by atoms with E-state index in [2.05, 4.69) is 4.90 Å². The number of nitrogens with zero attached hydrogens (tertiary/aromatic N) is 6. The monoisotopic (exact) mass is 814 g/mol. The largest absolute Gasteiger partial charge is 0.493 e. The molecule has 3 atom stereocenters. The van der Waals surface area contributed by atoms with Gasteiger partial charge >= 0.3 is 12.2 Å². The van der Waals surface area contributed by atoms with Crippen molar-refractivity contribution < 1.29 is 32.3 Å². The predicted octanol–water partition coefficient (Wildman–Crippen LogP) is 7.80. The van der Waals surface area contributed by atoms with E-state index >= 15 is 0 Å². The van der Waals surface area contributed by atoms with Crippen molar-refractivity contribution in [2.45, 2.75) is 51.9 Å². The third kappa shape index (κ3) is 9.11. The van der Waals surface area contributed by atoms with Gasteiger partial charge < -0.3 is 19.4 Å². The smallest absolute Gasteiger partial charge is 0.416 e. The van der Waals surface area contributed by atoms with Crippen molar-refractivity contribution >= 4 is 46.9 Å². The molecule has 3 aliphatic rings. The first-order valence-corrected chi connectivity index (χ1v) is 19.9. The van der Waals surface area contributed by atoms with Crippen LogP contribution in [0.15, 0.2) is 71.7 Å². The number of piperidine rings is 1. The summed E-state index contributed by atoms with van der Waals surface area (Å²) in [6.07, 6.45) is -2.98. The molecule has 56 heavy (non-hydrogen) atoms. The van der Waals surface area contributed by atoms with Crippen LogP contribution >= 0.6 is 23.2 Å². The van der Waals surface area contributed by atoms with Gasteiger partial charge in [0.25, 0.3) is 0 Å². The molecule has 4 amide bonds. The van der Waals surface area contributed by atoms with Crippen LogP contribution in [0.25, 0.3) is 0 Å². The first-order chi connectivity index (χ1) is 26.8. The van der Waals surface area contributed by atoms with Crippen molar-refractivity contribution in [1.82, 2.24) is 24.5 Å². The molecule has 0 saturated carbocycles. The number of alkyl halides is 3. The number of urea groups is 1. The number of amides is 4. The molecule has 0 radical (unpaired) electrons. The van der Waals surface area contributed by atoms with Crippen molar-refractivity contribution in [2.75, 3.05) is 65.5 Å². The van der Waals surface area contributed by atoms with Gasteiger partial charge in [-0.05, 0) is 93.7 Å². The van der Waals surface area contributed by atoms with Crippen molar-refractivity contribution in [2.24, 2.45) is 10.9 Å². The molecule has 0 bridgehead atoms. The lowest BCUT2D eigenvalue weighted by Gasteiger charge is -2.40. The number of hydrogen-bond donors (Lipinski definition) is 0. The number of hydrogen-bond acceptors (Lipinski definition) is 6. The number of halogens is 5. The van der Waals surface area contributed by atoms with E-state index in [1.165, 1.54) is 11.0 Å². The number of benzene rings is 3. The molecule has 2 fully saturated rings. The second-order valence-electron chi connectivity index (χ2n) is 14.2. The summed E-state index contributed by atoms with van der Waals surface area (Å²) >= 11 is 12.6. The highest BCUT2D eigenvalue weighted by Gasteiger charge is 2.45. The van der Waals surface area contributed by atoms with Gasteiger partial charge in [0.2, 0.25) is 11.8 Å². The molecule has 3 aromatic rings. The van der Waals surface area contributed by atoms with Gasteiger partial charge in [0, 0.05) is 55.9 Å². The summed E-state index contributed by atoms with van der Waals surface area (Å²) in [5.41, 5.74) is 0.790. The minimum absolute atomic E-state index is 0.0559. The van der Waals surface area contributed by atoms with Gasteiger partial charge in [-0.2, -0.15) is 13.2 Å². The molecule has 0 aromatic heterocycles. The zero-order chi connectivity index (χ0) is 40.1. The minimum atomic E-state index is -4.62. The Balaban J connectivity index is 1.28. The van der Waals surface area contributed by atoms with E-state index in [9.17, 15) is 27.6 Å². The first-order valence-electron chi connectivity index (χ1n) is 19.1. The van der Waals surface area contributed by atoms with Crippen LogP contribution in [0.4, 0.5) is 18.0 Å². The number of aliphatic imine (C=N–C) groups is 1. The van der Waals surface area contributed by atoms with Gasteiger partial charge in [0.1, 0.15) is 17.6 Å². The Morgan fingerprint density at radius 3 is 2.04 bits per heavy atom. The van der Waals surface area contributed by atoms with Crippen LogP contribution in [-0.2, 0) is 15.8 Å². The van der Waals surface area contributed by atoms with E-state index in [1.807, 2.05) is 43.0 Å². The maximum absolute atomic E-state index is 14.9. The van der Waals surface area contributed by atoms with Crippen LogP contribution in [-0.4, -0.2) is 114 Å². The molecule has 0 spiro atoms. The molecular formula is C41H47Cl2F3N6O4. The van der Waals surface area contributed by atoms with Gasteiger partial charge in [0.15, 0.2) is 0 Å². The van der Waals surface area contributed by atoms with Crippen molar-refractivity contribution in [3.05, 3.63) is 99.0 Å². The molecule has 10 nitrogen and oxygen atoms in total. The summed E-state index contributed by atoms with van der Waals surface area (Å²) in [6.45, 7) is 9.47. The van der Waals surface area contributed by atoms with Crippen LogP contribution in [0.2, 0.25) is 10.0 Å². The number of rotatable bonds is 10. The van der Waals surface area contributed by atoms with Gasteiger partial charge in [-0.3, -0.25) is 24.4 Å². The maximum Gasteiger partial charge on any atom is 0.416 e. The SMILES string of the molecule is CCOc1cc(C(F)(F)F)ccc1C1=NC(c2ccc(Cl)cc2)C(c2ccc(Cl)cc2)N1C(=O)N1CCN(C(=O)CN2CCCC(C(=O)N(CC)CC)C2)CC1. The normalized spacial score (nSPS) is 20.5.